The molecule has 2 unspecified atom stereocenters. The molecule has 1 heterocycles. The van der Waals surface area contributed by atoms with Crippen molar-refractivity contribution < 1.29 is 0 Å². The number of halogens is 1. The maximum absolute atomic E-state index is 5.63. The largest absolute Gasteiger partial charge is 0.383 e. The normalized spacial score (nSPS) is 27.2. The summed E-state index contributed by atoms with van der Waals surface area (Å²) in [6, 6.07) is 0. The molecule has 1 aromatic heterocycles. The molecule has 1 fully saturated rings. The second-order valence-electron chi connectivity index (χ2n) is 3.28. The maximum Gasteiger partial charge on any atom is 0.141 e. The molecule has 0 radical (unpaired) electrons. The molecule has 64 valence electrons. The number of nitrogens with two attached hydrogens (primary N) is 1. The summed E-state index contributed by atoms with van der Waals surface area (Å²) >= 11 is 3.26. The highest BCUT2D eigenvalue weighted by Crippen LogP contribution is 2.45. The molecule has 1 aliphatic carbocycles. The molecule has 2 N–H and O–H groups in total. The molecule has 12 heavy (non-hydrogen) atoms. The van der Waals surface area contributed by atoms with Crippen LogP contribution in [0.25, 0.3) is 0 Å². The smallest absolute Gasteiger partial charge is 0.141 e. The van der Waals surface area contributed by atoms with Gasteiger partial charge in [0.1, 0.15) is 11.6 Å². The lowest BCUT2D eigenvalue weighted by atomic mass is 10.3. The Labute approximate surface area is 79.5 Å². The van der Waals surface area contributed by atoms with Gasteiger partial charge >= 0.3 is 0 Å². The van der Waals surface area contributed by atoms with Crippen molar-refractivity contribution in [1.82, 2.24) is 9.97 Å². The van der Waals surface area contributed by atoms with Crippen LogP contribution in [-0.4, -0.2) is 9.97 Å². The number of nitrogens with zero attached hydrogens (tertiary/aromatic N) is 2. The second-order valence-corrected chi connectivity index (χ2v) is 4.14. The molecular formula is C8H10BrN3. The summed E-state index contributed by atoms with van der Waals surface area (Å²) in [6.45, 7) is 2.20. The highest BCUT2D eigenvalue weighted by molar-refractivity contribution is 9.10. The van der Waals surface area contributed by atoms with Gasteiger partial charge in [-0.2, -0.15) is 0 Å². The van der Waals surface area contributed by atoms with Crippen molar-refractivity contribution in [1.29, 1.82) is 0 Å². The van der Waals surface area contributed by atoms with Crippen LogP contribution >= 0.6 is 15.9 Å². The Bertz CT molecular complexity index is 313. The summed E-state index contributed by atoms with van der Waals surface area (Å²) in [4.78, 5) is 8.42. The van der Waals surface area contributed by atoms with Gasteiger partial charge in [-0.25, -0.2) is 9.97 Å². The molecule has 1 saturated carbocycles. The molecule has 0 spiro atoms. The first-order valence-electron chi connectivity index (χ1n) is 3.96. The lowest BCUT2D eigenvalue weighted by Gasteiger charge is -1.99. The van der Waals surface area contributed by atoms with E-state index in [4.69, 9.17) is 5.73 Å². The summed E-state index contributed by atoms with van der Waals surface area (Å²) in [6.07, 6.45) is 2.92. The predicted octanol–water partition coefficient (Wildman–Crippen LogP) is 1.94. The van der Waals surface area contributed by atoms with Crippen molar-refractivity contribution in [3.05, 3.63) is 16.5 Å². The molecule has 0 bridgehead atoms. The van der Waals surface area contributed by atoms with Crippen LogP contribution in [0.2, 0.25) is 0 Å². The average Bonchev–Trinajstić information content (AvgIpc) is 2.73. The predicted molar refractivity (Wildman–Crippen MR) is 50.7 cm³/mol. The first-order valence-corrected chi connectivity index (χ1v) is 4.75. The number of nitrogen functional groups attached to an aromatic ring is 1. The molecule has 3 nitrogen and oxygen atoms in total. The van der Waals surface area contributed by atoms with Crippen LogP contribution in [0.3, 0.4) is 0 Å². The fraction of sp³-hybridized carbons (Fsp3) is 0.500. The van der Waals surface area contributed by atoms with E-state index in [-0.39, 0.29) is 0 Å². The number of hydrogen-bond donors (Lipinski definition) is 1. The Kier molecular flexibility index (Phi) is 1.79. The third-order valence-electron chi connectivity index (χ3n) is 2.23. The van der Waals surface area contributed by atoms with Gasteiger partial charge in [0.05, 0.1) is 4.47 Å². The van der Waals surface area contributed by atoms with E-state index in [2.05, 4.69) is 32.8 Å². The Morgan fingerprint density at radius 2 is 2.33 bits per heavy atom. The molecule has 1 aliphatic rings. The van der Waals surface area contributed by atoms with Crippen LogP contribution in [0.4, 0.5) is 5.82 Å². The molecule has 0 aromatic carbocycles. The minimum Gasteiger partial charge on any atom is -0.383 e. The third-order valence-corrected chi connectivity index (χ3v) is 2.84. The van der Waals surface area contributed by atoms with E-state index in [0.717, 1.165) is 16.2 Å². The van der Waals surface area contributed by atoms with Crippen LogP contribution in [0.1, 0.15) is 25.1 Å². The van der Waals surface area contributed by atoms with E-state index in [1.165, 1.54) is 6.42 Å². The van der Waals surface area contributed by atoms with Gasteiger partial charge in [0.2, 0.25) is 0 Å². The van der Waals surface area contributed by atoms with Gasteiger partial charge in [-0.1, -0.05) is 6.92 Å². The number of hydrogen-bond acceptors (Lipinski definition) is 3. The van der Waals surface area contributed by atoms with Gasteiger partial charge in [0.25, 0.3) is 0 Å². The van der Waals surface area contributed by atoms with Gasteiger partial charge in [0.15, 0.2) is 0 Å². The summed E-state index contributed by atoms with van der Waals surface area (Å²) in [5.74, 6) is 2.70. The SMILES string of the molecule is CC1CC1c1ncc(Br)c(N)n1. The van der Waals surface area contributed by atoms with E-state index < -0.39 is 0 Å². The van der Waals surface area contributed by atoms with Gasteiger partial charge in [-0.3, -0.25) is 0 Å². The van der Waals surface area contributed by atoms with E-state index >= 15 is 0 Å². The fourth-order valence-corrected chi connectivity index (χ4v) is 1.45. The lowest BCUT2D eigenvalue weighted by Crippen LogP contribution is -1.98. The Hall–Kier alpha value is -0.640. The maximum atomic E-state index is 5.63. The minimum absolute atomic E-state index is 0.541. The van der Waals surface area contributed by atoms with Crippen LogP contribution in [0, 0.1) is 5.92 Å². The van der Waals surface area contributed by atoms with Gasteiger partial charge in [-0.05, 0) is 28.3 Å². The first-order chi connectivity index (χ1) is 5.68. The number of rotatable bonds is 1. The van der Waals surface area contributed by atoms with Crippen LogP contribution in [0.15, 0.2) is 10.7 Å². The third kappa shape index (κ3) is 1.31. The second kappa shape index (κ2) is 2.69. The topological polar surface area (TPSA) is 51.8 Å². The zero-order chi connectivity index (χ0) is 8.72. The molecular weight excluding hydrogens is 218 g/mol. The lowest BCUT2D eigenvalue weighted by molar-refractivity contribution is 0.843. The monoisotopic (exact) mass is 227 g/mol. The van der Waals surface area contributed by atoms with Crippen molar-refractivity contribution in [3.63, 3.8) is 0 Å². The first kappa shape index (κ1) is 7.98. The molecule has 0 saturated heterocycles. The van der Waals surface area contributed by atoms with Gasteiger partial charge < -0.3 is 5.73 Å². The van der Waals surface area contributed by atoms with Crippen molar-refractivity contribution in [2.45, 2.75) is 19.3 Å². The van der Waals surface area contributed by atoms with Crippen LogP contribution < -0.4 is 5.73 Å². The average molecular weight is 228 g/mol. The van der Waals surface area contributed by atoms with Gasteiger partial charge in [0, 0.05) is 12.1 Å². The molecule has 2 rings (SSSR count). The van der Waals surface area contributed by atoms with Crippen LogP contribution in [-0.2, 0) is 0 Å². The quantitative estimate of drug-likeness (QED) is 0.799. The van der Waals surface area contributed by atoms with E-state index in [1.807, 2.05) is 0 Å². The Morgan fingerprint density at radius 1 is 1.67 bits per heavy atom. The summed E-state index contributed by atoms with van der Waals surface area (Å²) in [5, 5.41) is 0. The number of aromatic nitrogens is 2. The summed E-state index contributed by atoms with van der Waals surface area (Å²) in [7, 11) is 0. The Balaban J connectivity index is 2.29. The zero-order valence-electron chi connectivity index (χ0n) is 6.79. The van der Waals surface area contributed by atoms with Crippen molar-refractivity contribution >= 4 is 21.7 Å². The molecule has 1 aromatic rings. The summed E-state index contributed by atoms with van der Waals surface area (Å²) < 4.78 is 0.777. The van der Waals surface area contributed by atoms with Crippen LogP contribution in [0.5, 0.6) is 0 Å². The van der Waals surface area contributed by atoms with Crippen molar-refractivity contribution in [2.24, 2.45) is 5.92 Å². The molecule has 0 aliphatic heterocycles. The van der Waals surface area contributed by atoms with Gasteiger partial charge in [-0.15, -0.1) is 0 Å². The van der Waals surface area contributed by atoms with E-state index in [1.54, 1.807) is 6.20 Å². The standard InChI is InChI=1S/C8H10BrN3/c1-4-2-5(4)8-11-3-6(9)7(10)12-8/h3-5H,2H2,1H3,(H2,10,11,12). The van der Waals surface area contributed by atoms with E-state index in [0.29, 0.717) is 11.7 Å². The van der Waals surface area contributed by atoms with Crippen molar-refractivity contribution in [2.75, 3.05) is 5.73 Å². The van der Waals surface area contributed by atoms with E-state index in [9.17, 15) is 0 Å². The fourth-order valence-electron chi connectivity index (χ4n) is 1.26. The molecule has 0 amide bonds. The Morgan fingerprint density at radius 3 is 2.83 bits per heavy atom. The summed E-state index contributed by atoms with van der Waals surface area (Å²) in [5.41, 5.74) is 5.63. The van der Waals surface area contributed by atoms with Crippen molar-refractivity contribution in [3.8, 4) is 0 Å². The number of anilines is 1. The zero-order valence-corrected chi connectivity index (χ0v) is 8.37. The highest BCUT2D eigenvalue weighted by Gasteiger charge is 2.36. The molecule has 4 heteroatoms. The highest BCUT2D eigenvalue weighted by atomic mass is 79.9. The molecule has 2 atom stereocenters. The minimum atomic E-state index is 0.541.